The molecule has 0 atom stereocenters. The largest absolute Gasteiger partial charge is 0.389 e. The lowest BCUT2D eigenvalue weighted by molar-refractivity contribution is 0.411. The summed E-state index contributed by atoms with van der Waals surface area (Å²) in [4.78, 5) is 4.70. The summed E-state index contributed by atoms with van der Waals surface area (Å²) in [6.07, 6.45) is 3.89. The first-order chi connectivity index (χ1) is 6.48. The molecule has 2 nitrogen and oxygen atoms in total. The van der Waals surface area contributed by atoms with Crippen molar-refractivity contribution in [2.75, 3.05) is 5.73 Å². The van der Waals surface area contributed by atoms with E-state index in [1.807, 2.05) is 0 Å². The van der Waals surface area contributed by atoms with E-state index in [4.69, 9.17) is 10.7 Å². The summed E-state index contributed by atoms with van der Waals surface area (Å²) < 4.78 is 0. The van der Waals surface area contributed by atoms with Gasteiger partial charge in [-0.05, 0) is 12.8 Å². The van der Waals surface area contributed by atoms with Crippen LogP contribution in [0.1, 0.15) is 56.7 Å². The van der Waals surface area contributed by atoms with Gasteiger partial charge >= 0.3 is 0 Å². The first-order valence-corrected chi connectivity index (χ1v) is 6.07. The van der Waals surface area contributed by atoms with Crippen LogP contribution in [0.3, 0.4) is 0 Å². The summed E-state index contributed by atoms with van der Waals surface area (Å²) in [5, 5.41) is 2.12. The lowest BCUT2D eigenvalue weighted by atomic mass is 9.83. The molecule has 0 aliphatic heterocycles. The van der Waals surface area contributed by atoms with Crippen molar-refractivity contribution in [2.24, 2.45) is 0 Å². The molecule has 1 heterocycles. The van der Waals surface area contributed by atoms with Crippen molar-refractivity contribution in [3.05, 3.63) is 10.7 Å². The van der Waals surface area contributed by atoms with Crippen LogP contribution in [0, 0.1) is 0 Å². The lowest BCUT2D eigenvalue weighted by Gasteiger charge is -2.24. The van der Waals surface area contributed by atoms with Gasteiger partial charge in [0.15, 0.2) is 0 Å². The van der Waals surface area contributed by atoms with Crippen LogP contribution in [0.2, 0.25) is 0 Å². The summed E-state index contributed by atoms with van der Waals surface area (Å²) >= 11 is 1.67. The quantitative estimate of drug-likeness (QED) is 0.772. The van der Waals surface area contributed by atoms with E-state index in [9.17, 15) is 0 Å². The smallest absolute Gasteiger partial charge is 0.110 e. The minimum atomic E-state index is 0.140. The van der Waals surface area contributed by atoms with Crippen LogP contribution < -0.4 is 5.73 Å². The fourth-order valence-electron chi connectivity index (χ4n) is 1.64. The Labute approximate surface area is 89.5 Å². The maximum absolute atomic E-state index is 6.00. The Morgan fingerprint density at radius 1 is 1.36 bits per heavy atom. The molecular formula is C11H18N2S. The number of aromatic nitrogens is 1. The zero-order valence-electron chi connectivity index (χ0n) is 9.13. The molecule has 0 spiro atoms. The van der Waals surface area contributed by atoms with Crippen molar-refractivity contribution in [3.63, 3.8) is 0 Å². The molecule has 1 aromatic rings. The lowest BCUT2D eigenvalue weighted by Crippen LogP contribution is -2.13. The molecule has 0 radical (unpaired) electrons. The second-order valence-electron chi connectivity index (χ2n) is 5.15. The van der Waals surface area contributed by atoms with Crippen LogP contribution in [-0.4, -0.2) is 4.98 Å². The predicted octanol–water partition coefficient (Wildman–Crippen LogP) is 3.29. The Bertz CT molecular complexity index is 332. The average molecular weight is 210 g/mol. The minimum absolute atomic E-state index is 0.140. The van der Waals surface area contributed by atoms with Gasteiger partial charge in [-0.15, -0.1) is 11.3 Å². The van der Waals surface area contributed by atoms with Gasteiger partial charge in [0, 0.05) is 11.3 Å². The second-order valence-corrected chi connectivity index (χ2v) is 6.18. The van der Waals surface area contributed by atoms with Crippen molar-refractivity contribution in [1.82, 2.24) is 4.98 Å². The predicted molar refractivity (Wildman–Crippen MR) is 61.8 cm³/mol. The fourth-order valence-corrected chi connectivity index (χ4v) is 2.61. The molecule has 0 amide bonds. The number of rotatable bonds is 1. The Kier molecular flexibility index (Phi) is 2.30. The van der Waals surface area contributed by atoms with Gasteiger partial charge in [0.25, 0.3) is 0 Å². The minimum Gasteiger partial charge on any atom is -0.389 e. The average Bonchev–Trinajstić information content (AvgIpc) is 2.28. The number of hydrogen-bond acceptors (Lipinski definition) is 3. The highest BCUT2D eigenvalue weighted by Gasteiger charge is 2.27. The zero-order chi connectivity index (χ0) is 10.3. The highest BCUT2D eigenvalue weighted by molar-refractivity contribution is 7.15. The fraction of sp³-hybridized carbons (Fsp3) is 0.727. The maximum Gasteiger partial charge on any atom is 0.110 e. The van der Waals surface area contributed by atoms with E-state index in [2.05, 4.69) is 20.8 Å². The second kappa shape index (κ2) is 3.23. The van der Waals surface area contributed by atoms with Crippen molar-refractivity contribution in [2.45, 2.75) is 51.4 Å². The van der Waals surface area contributed by atoms with E-state index in [1.54, 1.807) is 11.3 Å². The molecule has 0 saturated heterocycles. The first kappa shape index (κ1) is 9.97. The maximum atomic E-state index is 6.00. The van der Waals surface area contributed by atoms with Gasteiger partial charge < -0.3 is 5.73 Å². The van der Waals surface area contributed by atoms with Crippen molar-refractivity contribution >= 4 is 16.3 Å². The van der Waals surface area contributed by atoms with Crippen LogP contribution in [0.5, 0.6) is 0 Å². The van der Waals surface area contributed by atoms with Gasteiger partial charge in [-0.3, -0.25) is 0 Å². The summed E-state index contributed by atoms with van der Waals surface area (Å²) in [7, 11) is 0. The van der Waals surface area contributed by atoms with Crippen molar-refractivity contribution < 1.29 is 0 Å². The Morgan fingerprint density at radius 2 is 2.00 bits per heavy atom. The molecule has 0 bridgehead atoms. The monoisotopic (exact) mass is 210 g/mol. The first-order valence-electron chi connectivity index (χ1n) is 5.25. The molecule has 1 aliphatic carbocycles. The molecule has 2 rings (SSSR count). The van der Waals surface area contributed by atoms with Gasteiger partial charge in [0.1, 0.15) is 10.0 Å². The van der Waals surface area contributed by atoms with Crippen molar-refractivity contribution in [1.29, 1.82) is 0 Å². The van der Waals surface area contributed by atoms with Gasteiger partial charge in [0.05, 0.1) is 5.69 Å². The third-order valence-electron chi connectivity index (χ3n) is 2.81. The Morgan fingerprint density at radius 3 is 2.36 bits per heavy atom. The number of thiazole rings is 1. The third-order valence-corrected chi connectivity index (χ3v) is 4.14. The zero-order valence-corrected chi connectivity index (χ0v) is 9.95. The summed E-state index contributed by atoms with van der Waals surface area (Å²) in [5.41, 5.74) is 7.32. The molecule has 14 heavy (non-hydrogen) atoms. The number of nitrogens with two attached hydrogens (primary N) is 1. The number of nitrogen functional groups attached to an aromatic ring is 1. The Balaban J connectivity index is 2.29. The third kappa shape index (κ3) is 1.65. The van der Waals surface area contributed by atoms with Gasteiger partial charge in [-0.2, -0.15) is 0 Å². The van der Waals surface area contributed by atoms with Gasteiger partial charge in [-0.25, -0.2) is 4.98 Å². The molecular weight excluding hydrogens is 192 g/mol. The summed E-state index contributed by atoms with van der Waals surface area (Å²) in [5.74, 6) is 0.655. The summed E-state index contributed by atoms with van der Waals surface area (Å²) in [6, 6.07) is 0. The normalized spacial score (nSPS) is 18.2. The molecule has 1 aromatic heterocycles. The van der Waals surface area contributed by atoms with Crippen LogP contribution in [-0.2, 0) is 5.41 Å². The van der Waals surface area contributed by atoms with Gasteiger partial charge in [0.2, 0.25) is 0 Å². The van der Waals surface area contributed by atoms with E-state index in [-0.39, 0.29) is 5.41 Å². The summed E-state index contributed by atoms with van der Waals surface area (Å²) in [6.45, 7) is 6.57. The van der Waals surface area contributed by atoms with Crippen LogP contribution in [0.15, 0.2) is 0 Å². The SMILES string of the molecule is CC(C)(C)c1nc(C2CCC2)c(N)s1. The number of nitrogens with zero attached hydrogens (tertiary/aromatic N) is 1. The topological polar surface area (TPSA) is 38.9 Å². The Hall–Kier alpha value is -0.570. The molecule has 0 unspecified atom stereocenters. The van der Waals surface area contributed by atoms with Gasteiger partial charge in [-0.1, -0.05) is 27.2 Å². The van der Waals surface area contributed by atoms with E-state index in [1.165, 1.54) is 30.0 Å². The standard InChI is InChI=1S/C11H18N2S/c1-11(2,3)10-13-8(9(12)14-10)7-5-4-6-7/h7H,4-6,12H2,1-3H3. The molecule has 78 valence electrons. The molecule has 2 N–H and O–H groups in total. The highest BCUT2D eigenvalue weighted by atomic mass is 32.1. The molecule has 3 heteroatoms. The van der Waals surface area contributed by atoms with Crippen LogP contribution in [0.4, 0.5) is 5.00 Å². The molecule has 0 aromatic carbocycles. The highest BCUT2D eigenvalue weighted by Crippen LogP contribution is 2.42. The van der Waals surface area contributed by atoms with Crippen LogP contribution >= 0.6 is 11.3 Å². The molecule has 1 aliphatic rings. The van der Waals surface area contributed by atoms with E-state index < -0.39 is 0 Å². The number of anilines is 1. The van der Waals surface area contributed by atoms with E-state index in [0.29, 0.717) is 5.92 Å². The van der Waals surface area contributed by atoms with E-state index in [0.717, 1.165) is 5.00 Å². The van der Waals surface area contributed by atoms with E-state index >= 15 is 0 Å². The molecule has 1 saturated carbocycles. The van der Waals surface area contributed by atoms with Crippen molar-refractivity contribution in [3.8, 4) is 0 Å². The number of hydrogen-bond donors (Lipinski definition) is 1. The van der Waals surface area contributed by atoms with Crippen LogP contribution in [0.25, 0.3) is 0 Å². The molecule has 1 fully saturated rings.